The number of nitrogens with one attached hydrogen (secondary N) is 1. The molecular formula is C27H36N4O4S. The summed E-state index contributed by atoms with van der Waals surface area (Å²) in [5.74, 6) is 0.920. The van der Waals surface area contributed by atoms with Crippen LogP contribution in [-0.4, -0.2) is 69.6 Å². The first-order chi connectivity index (χ1) is 17.5. The van der Waals surface area contributed by atoms with E-state index in [1.807, 2.05) is 12.1 Å². The number of carbonyl (C=O) groups excluding carboxylic acids is 1. The van der Waals surface area contributed by atoms with Gasteiger partial charge in [-0.1, -0.05) is 11.6 Å². The summed E-state index contributed by atoms with van der Waals surface area (Å²) >= 11 is 0. The van der Waals surface area contributed by atoms with Crippen molar-refractivity contribution in [3.8, 4) is 0 Å². The maximum absolute atomic E-state index is 13.0. The molecular weight excluding hydrogens is 476 g/mol. The average molecular weight is 513 g/mol. The van der Waals surface area contributed by atoms with Gasteiger partial charge in [-0.2, -0.15) is 4.31 Å². The van der Waals surface area contributed by atoms with E-state index in [4.69, 9.17) is 9.72 Å². The quantitative estimate of drug-likeness (QED) is 0.571. The number of hydrogen-bond donors (Lipinski definition) is 1. The Labute approximate surface area is 213 Å². The summed E-state index contributed by atoms with van der Waals surface area (Å²) in [7, 11) is -3.55. The van der Waals surface area contributed by atoms with E-state index in [1.165, 1.54) is 35.6 Å². The lowest BCUT2D eigenvalue weighted by atomic mass is 9.96. The van der Waals surface area contributed by atoms with Crippen molar-refractivity contribution in [2.45, 2.75) is 49.8 Å². The molecule has 5 rings (SSSR count). The summed E-state index contributed by atoms with van der Waals surface area (Å²) in [4.78, 5) is 20.1. The number of carbonyl (C=O) groups is 1. The van der Waals surface area contributed by atoms with Crippen LogP contribution in [0.15, 0.2) is 46.9 Å². The molecule has 3 heterocycles. The smallest absolute Gasteiger partial charge is 0.243 e. The van der Waals surface area contributed by atoms with E-state index < -0.39 is 10.0 Å². The molecule has 0 bridgehead atoms. The molecule has 0 saturated carbocycles. The number of aromatic nitrogens is 1. The van der Waals surface area contributed by atoms with Gasteiger partial charge in [0.2, 0.25) is 15.9 Å². The van der Waals surface area contributed by atoms with Crippen LogP contribution in [0.5, 0.6) is 0 Å². The molecule has 3 aliphatic rings. The average Bonchev–Trinajstić information content (AvgIpc) is 2.93. The molecule has 2 fully saturated rings. The van der Waals surface area contributed by atoms with Crippen LogP contribution < -0.4 is 10.2 Å². The van der Waals surface area contributed by atoms with E-state index in [-0.39, 0.29) is 16.7 Å². The van der Waals surface area contributed by atoms with Crippen molar-refractivity contribution >= 4 is 32.7 Å². The maximum Gasteiger partial charge on any atom is 0.243 e. The van der Waals surface area contributed by atoms with E-state index in [0.717, 1.165) is 42.5 Å². The fraction of sp³-hybridized carbons (Fsp3) is 0.556. The molecule has 1 atom stereocenters. The summed E-state index contributed by atoms with van der Waals surface area (Å²) in [6.45, 7) is 3.81. The minimum atomic E-state index is -3.55. The molecule has 8 nitrogen and oxygen atoms in total. The molecule has 0 radical (unpaired) electrons. The number of allylic oxidation sites excluding steroid dienone is 1. The third kappa shape index (κ3) is 5.74. The Bertz CT molecular complexity index is 1220. The lowest BCUT2D eigenvalue weighted by Crippen LogP contribution is -2.43. The van der Waals surface area contributed by atoms with Gasteiger partial charge in [-0.3, -0.25) is 4.79 Å². The number of nitrogens with zero attached hydrogens (tertiary/aromatic N) is 3. The number of anilines is 1. The van der Waals surface area contributed by atoms with Crippen LogP contribution in [0.4, 0.5) is 5.82 Å². The molecule has 2 aliphatic heterocycles. The van der Waals surface area contributed by atoms with Crippen LogP contribution in [0.25, 0.3) is 10.9 Å². The number of pyridine rings is 1. The molecule has 36 heavy (non-hydrogen) atoms. The number of piperidine rings is 1. The summed E-state index contributed by atoms with van der Waals surface area (Å²) in [6.07, 6.45) is 10.0. The Hall–Kier alpha value is -2.49. The van der Waals surface area contributed by atoms with Gasteiger partial charge in [-0.25, -0.2) is 13.4 Å². The monoisotopic (exact) mass is 512 g/mol. The van der Waals surface area contributed by atoms with Crippen molar-refractivity contribution in [1.29, 1.82) is 0 Å². The molecule has 1 N–H and O–H groups in total. The molecule has 2 aromatic rings. The third-order valence-corrected chi connectivity index (χ3v) is 9.39. The van der Waals surface area contributed by atoms with E-state index in [0.29, 0.717) is 39.4 Å². The second kappa shape index (κ2) is 11.3. The van der Waals surface area contributed by atoms with Crippen molar-refractivity contribution in [2.24, 2.45) is 5.92 Å². The standard InChI is InChI=1S/C27H36N4O4S/c32-27(28-13-12-21-5-2-1-3-6-21)23-7-4-14-30(20-23)26-11-8-22-19-24(9-10-25(22)29-26)36(33,34)31-15-17-35-18-16-31/h5,8-11,19,23H,1-4,6-7,12-18,20H2,(H,28,32)/t23-/m0/s1. The van der Waals surface area contributed by atoms with Crippen LogP contribution in [0.1, 0.15) is 44.9 Å². The third-order valence-electron chi connectivity index (χ3n) is 7.50. The highest BCUT2D eigenvalue weighted by Crippen LogP contribution is 2.27. The fourth-order valence-electron chi connectivity index (χ4n) is 5.39. The number of sulfonamides is 1. The van der Waals surface area contributed by atoms with E-state index >= 15 is 0 Å². The zero-order chi connectivity index (χ0) is 25.0. The van der Waals surface area contributed by atoms with E-state index in [2.05, 4.69) is 16.3 Å². The van der Waals surface area contributed by atoms with Crippen LogP contribution in [0.2, 0.25) is 0 Å². The number of benzene rings is 1. The minimum Gasteiger partial charge on any atom is -0.379 e. The number of rotatable bonds is 7. The zero-order valence-corrected chi connectivity index (χ0v) is 21.6. The van der Waals surface area contributed by atoms with Gasteiger partial charge in [0, 0.05) is 38.1 Å². The molecule has 1 aliphatic carbocycles. The lowest BCUT2D eigenvalue weighted by molar-refractivity contribution is -0.125. The Balaban J connectivity index is 1.22. The molecule has 2 saturated heterocycles. The van der Waals surface area contributed by atoms with Crippen molar-refractivity contribution in [3.05, 3.63) is 42.0 Å². The Morgan fingerprint density at radius 1 is 1.08 bits per heavy atom. The van der Waals surface area contributed by atoms with Crippen molar-refractivity contribution in [1.82, 2.24) is 14.6 Å². The van der Waals surface area contributed by atoms with Gasteiger partial charge >= 0.3 is 0 Å². The Morgan fingerprint density at radius 2 is 1.94 bits per heavy atom. The van der Waals surface area contributed by atoms with Crippen LogP contribution >= 0.6 is 0 Å². The van der Waals surface area contributed by atoms with E-state index in [9.17, 15) is 13.2 Å². The van der Waals surface area contributed by atoms with Gasteiger partial charge in [0.1, 0.15) is 5.82 Å². The molecule has 1 aromatic heterocycles. The molecule has 0 spiro atoms. The summed E-state index contributed by atoms with van der Waals surface area (Å²) in [5, 5.41) is 3.94. The highest BCUT2D eigenvalue weighted by Gasteiger charge is 2.28. The SMILES string of the molecule is O=C(NCCC1=CCCCC1)[C@H]1CCCN(c2ccc3cc(S(=O)(=O)N4CCOCC4)ccc3n2)C1. The number of fused-ring (bicyclic) bond motifs is 1. The molecule has 0 unspecified atom stereocenters. The van der Waals surface area contributed by atoms with Crippen molar-refractivity contribution in [2.75, 3.05) is 50.8 Å². The zero-order valence-electron chi connectivity index (χ0n) is 20.8. The first kappa shape index (κ1) is 25.2. The second-order valence-electron chi connectivity index (χ2n) is 9.97. The Kier molecular flexibility index (Phi) is 7.88. The largest absolute Gasteiger partial charge is 0.379 e. The summed E-state index contributed by atoms with van der Waals surface area (Å²) in [6, 6.07) is 8.98. The molecule has 194 valence electrons. The first-order valence-electron chi connectivity index (χ1n) is 13.2. The van der Waals surface area contributed by atoms with Crippen LogP contribution in [0.3, 0.4) is 0 Å². The maximum atomic E-state index is 13.0. The number of hydrogen-bond acceptors (Lipinski definition) is 6. The highest BCUT2D eigenvalue weighted by atomic mass is 32.2. The van der Waals surface area contributed by atoms with Crippen molar-refractivity contribution in [3.63, 3.8) is 0 Å². The number of morpholine rings is 1. The number of amides is 1. The predicted octanol–water partition coefficient (Wildman–Crippen LogP) is 3.48. The fourth-order valence-corrected chi connectivity index (χ4v) is 6.83. The van der Waals surface area contributed by atoms with Crippen LogP contribution in [0, 0.1) is 5.92 Å². The van der Waals surface area contributed by atoms with Crippen LogP contribution in [-0.2, 0) is 19.6 Å². The normalized spacial score (nSPS) is 21.8. The van der Waals surface area contributed by atoms with E-state index in [1.54, 1.807) is 18.2 Å². The van der Waals surface area contributed by atoms with Gasteiger partial charge in [0.05, 0.1) is 29.5 Å². The topological polar surface area (TPSA) is 91.8 Å². The van der Waals surface area contributed by atoms with Gasteiger partial charge in [0.15, 0.2) is 0 Å². The Morgan fingerprint density at radius 3 is 2.75 bits per heavy atom. The minimum absolute atomic E-state index is 0.0439. The predicted molar refractivity (Wildman–Crippen MR) is 140 cm³/mol. The molecule has 1 aromatic carbocycles. The van der Waals surface area contributed by atoms with Gasteiger partial charge in [-0.05, 0) is 75.3 Å². The molecule has 9 heteroatoms. The summed E-state index contributed by atoms with van der Waals surface area (Å²) < 4.78 is 32.8. The van der Waals surface area contributed by atoms with Gasteiger partial charge in [-0.15, -0.1) is 0 Å². The van der Waals surface area contributed by atoms with Gasteiger partial charge < -0.3 is 15.0 Å². The van der Waals surface area contributed by atoms with Crippen molar-refractivity contribution < 1.29 is 17.9 Å². The number of ether oxygens (including phenoxy) is 1. The lowest BCUT2D eigenvalue weighted by Gasteiger charge is -2.33. The second-order valence-corrected chi connectivity index (χ2v) is 11.9. The highest BCUT2D eigenvalue weighted by molar-refractivity contribution is 7.89. The van der Waals surface area contributed by atoms with Gasteiger partial charge in [0.25, 0.3) is 0 Å². The first-order valence-corrected chi connectivity index (χ1v) is 14.6. The molecule has 1 amide bonds. The summed E-state index contributed by atoms with van der Waals surface area (Å²) in [5.41, 5.74) is 2.23.